The van der Waals surface area contributed by atoms with Crippen LogP contribution in [0.25, 0.3) is 0 Å². The molecule has 1 aliphatic heterocycles. The van der Waals surface area contributed by atoms with Crippen molar-refractivity contribution in [1.82, 2.24) is 14.5 Å². The van der Waals surface area contributed by atoms with E-state index in [1.165, 1.54) is 16.4 Å². The monoisotopic (exact) mass is 603 g/mol. The summed E-state index contributed by atoms with van der Waals surface area (Å²) in [5, 5.41) is 3.12. The van der Waals surface area contributed by atoms with Gasteiger partial charge < -0.3 is 19.7 Å². The maximum absolute atomic E-state index is 13.7. The van der Waals surface area contributed by atoms with Gasteiger partial charge >= 0.3 is 0 Å². The summed E-state index contributed by atoms with van der Waals surface area (Å²) in [5.41, 5.74) is 3.27. The Morgan fingerprint density at radius 1 is 1.07 bits per heavy atom. The van der Waals surface area contributed by atoms with Crippen LogP contribution < -0.4 is 10.1 Å². The Balaban J connectivity index is 1.28. The molecule has 0 aromatic heterocycles. The van der Waals surface area contributed by atoms with Crippen molar-refractivity contribution in [3.8, 4) is 5.75 Å². The van der Waals surface area contributed by atoms with Crippen LogP contribution in [0.2, 0.25) is 0 Å². The van der Waals surface area contributed by atoms with E-state index < -0.39 is 10.0 Å². The zero-order valence-electron chi connectivity index (χ0n) is 25.8. The predicted molar refractivity (Wildman–Crippen MR) is 162 cm³/mol. The number of carbonyl (C=O) groups excluding carboxylic acids is 1. The highest BCUT2D eigenvalue weighted by Gasteiger charge is 2.34. The van der Waals surface area contributed by atoms with Crippen molar-refractivity contribution >= 4 is 15.9 Å². The Kier molecular flexibility index (Phi) is 10.7. The molecular weight excluding hydrogens is 557 g/mol. The molecule has 1 heterocycles. The number of halogens is 1. The zero-order chi connectivity index (χ0) is 30.6. The molecule has 42 heavy (non-hydrogen) atoms. The van der Waals surface area contributed by atoms with Gasteiger partial charge in [0.15, 0.2) is 0 Å². The largest absolute Gasteiger partial charge is 0.496 e. The molecule has 8 nitrogen and oxygen atoms in total. The summed E-state index contributed by atoms with van der Waals surface area (Å²) in [6, 6.07) is 8.81. The van der Waals surface area contributed by atoms with Crippen LogP contribution in [0.3, 0.4) is 0 Å². The molecule has 2 aromatic carbocycles. The summed E-state index contributed by atoms with van der Waals surface area (Å²) in [4.78, 5) is 15.3. The fourth-order valence-corrected chi connectivity index (χ4v) is 8.71. The van der Waals surface area contributed by atoms with Crippen molar-refractivity contribution in [3.05, 3.63) is 58.4 Å². The third kappa shape index (κ3) is 7.33. The number of carbonyl (C=O) groups is 1. The number of nitrogens with one attached hydrogen (secondary N) is 1. The number of aryl methyl sites for hydroxylation is 1. The summed E-state index contributed by atoms with van der Waals surface area (Å²) in [5.74, 6) is 0.698. The summed E-state index contributed by atoms with van der Waals surface area (Å²) in [7, 11) is 1.96. The first-order valence-corrected chi connectivity index (χ1v) is 16.3. The predicted octanol–water partition coefficient (Wildman–Crippen LogP) is 4.91. The fraction of sp³-hybridized carbons (Fsp3) is 0.594. The number of rotatable bonds is 10. The lowest BCUT2D eigenvalue weighted by molar-refractivity contribution is -0.129. The fourth-order valence-electron chi connectivity index (χ4n) is 6.71. The van der Waals surface area contributed by atoms with Gasteiger partial charge in [0.25, 0.3) is 0 Å². The van der Waals surface area contributed by atoms with Crippen molar-refractivity contribution < 1.29 is 27.1 Å². The van der Waals surface area contributed by atoms with E-state index in [1.54, 1.807) is 20.1 Å². The van der Waals surface area contributed by atoms with Gasteiger partial charge in [0.05, 0.1) is 18.1 Å². The number of nitrogens with zero attached hydrogens (tertiary/aromatic N) is 2. The first kappa shape index (κ1) is 32.4. The van der Waals surface area contributed by atoms with Crippen LogP contribution in [-0.2, 0) is 19.6 Å². The quantitative estimate of drug-likeness (QED) is 0.416. The summed E-state index contributed by atoms with van der Waals surface area (Å²) >= 11 is 0. The van der Waals surface area contributed by atoms with Gasteiger partial charge in [-0.3, -0.25) is 4.79 Å². The van der Waals surface area contributed by atoms with Crippen molar-refractivity contribution in [2.75, 3.05) is 40.9 Å². The van der Waals surface area contributed by atoms with E-state index in [4.69, 9.17) is 9.47 Å². The van der Waals surface area contributed by atoms with Gasteiger partial charge in [0.2, 0.25) is 15.9 Å². The minimum Gasteiger partial charge on any atom is -0.496 e. The second-order valence-corrected chi connectivity index (χ2v) is 13.9. The summed E-state index contributed by atoms with van der Waals surface area (Å²) in [6.07, 6.45) is 4.71. The van der Waals surface area contributed by atoms with E-state index in [1.807, 2.05) is 26.0 Å². The Morgan fingerprint density at radius 3 is 2.36 bits per heavy atom. The van der Waals surface area contributed by atoms with Crippen LogP contribution in [0, 0.1) is 32.5 Å². The number of hydrogen-bond acceptors (Lipinski definition) is 6. The lowest BCUT2D eigenvalue weighted by atomic mass is 9.78. The number of methoxy groups -OCH3 is 1. The molecule has 1 saturated carbocycles. The molecule has 1 saturated heterocycles. The highest BCUT2D eigenvalue weighted by molar-refractivity contribution is 7.89. The average molecular weight is 604 g/mol. The smallest absolute Gasteiger partial charge is 0.246 e. The highest BCUT2D eigenvalue weighted by atomic mass is 32.2. The molecule has 10 heteroatoms. The lowest BCUT2D eigenvalue weighted by Gasteiger charge is -2.38. The van der Waals surface area contributed by atoms with Gasteiger partial charge in [0.1, 0.15) is 18.2 Å². The zero-order valence-corrected chi connectivity index (χ0v) is 26.6. The summed E-state index contributed by atoms with van der Waals surface area (Å²) in [6.45, 7) is 6.03. The maximum Gasteiger partial charge on any atom is 0.246 e. The second kappa shape index (κ2) is 13.8. The van der Waals surface area contributed by atoms with Gasteiger partial charge in [0, 0.05) is 25.2 Å². The number of piperidine rings is 1. The van der Waals surface area contributed by atoms with Crippen molar-refractivity contribution in [1.29, 1.82) is 0 Å². The van der Waals surface area contributed by atoms with Crippen LogP contribution in [0.1, 0.15) is 66.8 Å². The Hall–Kier alpha value is -2.53. The molecule has 2 aliphatic rings. The molecule has 2 unspecified atom stereocenters. The van der Waals surface area contributed by atoms with Crippen LogP contribution in [-0.4, -0.2) is 76.6 Å². The number of sulfonamides is 1. The molecule has 232 valence electrons. The van der Waals surface area contributed by atoms with E-state index in [0.717, 1.165) is 36.8 Å². The Morgan fingerprint density at radius 2 is 1.74 bits per heavy atom. The van der Waals surface area contributed by atoms with Gasteiger partial charge in [-0.1, -0.05) is 12.1 Å². The SMILES string of the molecule is COc1cc(C)c(S(=O)(=O)N2CCCC(OCC(=O)NC3CCC(C(c4ccc(F)cc4)N(C)C)CC3)C2)c(C)c1C. The number of ether oxygens (including phenoxy) is 2. The van der Waals surface area contributed by atoms with Crippen molar-refractivity contribution in [3.63, 3.8) is 0 Å². The summed E-state index contributed by atoms with van der Waals surface area (Å²) < 4.78 is 53.7. The van der Waals surface area contributed by atoms with E-state index in [-0.39, 0.29) is 43.1 Å². The molecule has 0 spiro atoms. The van der Waals surface area contributed by atoms with E-state index in [0.29, 0.717) is 47.1 Å². The molecule has 1 N–H and O–H groups in total. The van der Waals surface area contributed by atoms with Gasteiger partial charge in [-0.15, -0.1) is 0 Å². The van der Waals surface area contributed by atoms with E-state index in [9.17, 15) is 17.6 Å². The topological polar surface area (TPSA) is 88.2 Å². The van der Waals surface area contributed by atoms with Crippen LogP contribution in [0.5, 0.6) is 5.75 Å². The second-order valence-electron chi connectivity index (χ2n) is 12.1. The average Bonchev–Trinajstić information content (AvgIpc) is 2.96. The minimum atomic E-state index is -3.73. The molecule has 2 fully saturated rings. The van der Waals surface area contributed by atoms with E-state index >= 15 is 0 Å². The Bertz CT molecular complexity index is 1340. The van der Waals surface area contributed by atoms with Gasteiger partial charge in [-0.25, -0.2) is 12.8 Å². The van der Waals surface area contributed by atoms with E-state index in [2.05, 4.69) is 24.3 Å². The molecule has 4 rings (SSSR count). The van der Waals surface area contributed by atoms with Crippen molar-refractivity contribution in [2.45, 2.75) is 82.4 Å². The van der Waals surface area contributed by atoms with Crippen LogP contribution in [0.4, 0.5) is 4.39 Å². The van der Waals surface area contributed by atoms with Gasteiger partial charge in [-0.05, 0) is 120 Å². The highest BCUT2D eigenvalue weighted by Crippen LogP contribution is 2.38. The number of benzene rings is 2. The molecule has 0 radical (unpaired) electrons. The molecule has 0 bridgehead atoms. The van der Waals surface area contributed by atoms with Crippen LogP contribution in [0.15, 0.2) is 35.2 Å². The van der Waals surface area contributed by atoms with Crippen molar-refractivity contribution in [2.24, 2.45) is 5.92 Å². The normalized spacial score (nSPS) is 22.6. The molecule has 1 amide bonds. The van der Waals surface area contributed by atoms with Crippen LogP contribution >= 0.6 is 0 Å². The lowest BCUT2D eigenvalue weighted by Crippen LogP contribution is -2.45. The number of hydrogen-bond donors (Lipinski definition) is 1. The molecule has 1 aliphatic carbocycles. The Labute approximate surface area is 250 Å². The maximum atomic E-state index is 13.7. The molecular formula is C32H46FN3O5S. The molecule has 2 atom stereocenters. The minimum absolute atomic E-state index is 0.0841. The first-order chi connectivity index (χ1) is 19.9. The molecule has 2 aromatic rings. The van der Waals surface area contributed by atoms with Gasteiger partial charge in [-0.2, -0.15) is 4.31 Å². The first-order valence-electron chi connectivity index (χ1n) is 14.9. The number of amides is 1. The third-order valence-corrected chi connectivity index (χ3v) is 11.1. The third-order valence-electron chi connectivity index (χ3n) is 8.94. The standard InChI is InChI=1S/C32H46FN3O5S/c1-21-18-29(40-6)22(2)23(3)32(21)42(38,39)36-17-7-8-28(19-36)41-20-30(37)34-27-15-11-25(12-16-27)31(35(4)5)24-9-13-26(33)14-10-24/h9-10,13-14,18,25,27-28,31H,7-8,11-12,15-17,19-20H2,1-6H3,(H,34,37).